The maximum absolute atomic E-state index is 11.6. The normalized spacial score (nSPS) is 18.2. The van der Waals surface area contributed by atoms with Crippen LogP contribution in [0.1, 0.15) is 17.4 Å². The maximum Gasteiger partial charge on any atom is 0.358 e. The Hall–Kier alpha value is -1.15. The summed E-state index contributed by atoms with van der Waals surface area (Å²) < 4.78 is 15.1. The lowest BCUT2D eigenvalue weighted by molar-refractivity contribution is 0.0594. The number of methoxy groups -OCH3 is 1. The molecule has 0 saturated carbocycles. The monoisotopic (exact) mass is 335 g/mol. The van der Waals surface area contributed by atoms with Crippen molar-refractivity contribution >= 4 is 35.0 Å². The number of aromatic nitrogens is 2. The van der Waals surface area contributed by atoms with E-state index in [2.05, 4.69) is 20.0 Å². The summed E-state index contributed by atoms with van der Waals surface area (Å²) in [5.74, 6) is -0.419. The molecule has 1 aromatic rings. The number of nitrogens with one attached hydrogen (secondary N) is 1. The molecule has 0 bridgehead atoms. The zero-order valence-electron chi connectivity index (χ0n) is 11.6. The Morgan fingerprint density at radius 3 is 2.86 bits per heavy atom. The van der Waals surface area contributed by atoms with E-state index in [9.17, 15) is 4.79 Å². The van der Waals surface area contributed by atoms with Gasteiger partial charge in [0.05, 0.1) is 26.9 Å². The molecule has 116 valence electrons. The molecule has 1 N–H and O–H groups in total. The van der Waals surface area contributed by atoms with Gasteiger partial charge in [0, 0.05) is 6.04 Å². The maximum atomic E-state index is 11.6. The van der Waals surface area contributed by atoms with Crippen LogP contribution in [0.5, 0.6) is 0 Å². The third-order valence-electron chi connectivity index (χ3n) is 2.66. The second kappa shape index (κ2) is 7.22. The van der Waals surface area contributed by atoms with Crippen LogP contribution >= 0.6 is 23.2 Å². The minimum Gasteiger partial charge on any atom is -0.464 e. The number of rotatable bonds is 7. The van der Waals surface area contributed by atoms with Crippen LogP contribution in [-0.4, -0.2) is 55.0 Å². The first-order valence-electron chi connectivity index (χ1n) is 6.28. The number of carbonyl (C=O) groups is 1. The number of halogens is 2. The molecule has 9 heteroatoms. The molecule has 0 aliphatic carbocycles. The quantitative estimate of drug-likeness (QED) is 0.461. The topological polar surface area (TPSA) is 85.9 Å². The van der Waals surface area contributed by atoms with E-state index in [1.54, 1.807) is 0 Å². The predicted octanol–water partition coefficient (Wildman–Crippen LogP) is 1.79. The van der Waals surface area contributed by atoms with Crippen molar-refractivity contribution in [2.75, 3.05) is 32.2 Å². The second-order valence-electron chi connectivity index (χ2n) is 4.53. The highest BCUT2D eigenvalue weighted by Crippen LogP contribution is 2.25. The summed E-state index contributed by atoms with van der Waals surface area (Å²) in [5, 5.41) is 2.99. The van der Waals surface area contributed by atoms with E-state index in [1.165, 1.54) is 7.11 Å². The van der Waals surface area contributed by atoms with Crippen LogP contribution in [-0.2, 0) is 14.2 Å². The lowest BCUT2D eigenvalue weighted by Gasteiger charge is -2.16. The number of esters is 1. The molecule has 2 atom stereocenters. The van der Waals surface area contributed by atoms with Crippen LogP contribution in [0.4, 0.5) is 5.82 Å². The number of ether oxygens (including phenoxy) is 3. The highest BCUT2D eigenvalue weighted by Gasteiger charge is 2.23. The average molecular weight is 336 g/mol. The van der Waals surface area contributed by atoms with Gasteiger partial charge in [-0.25, -0.2) is 9.78 Å². The molecule has 1 aliphatic rings. The van der Waals surface area contributed by atoms with E-state index in [0.29, 0.717) is 13.2 Å². The minimum atomic E-state index is -0.679. The fourth-order valence-corrected chi connectivity index (χ4v) is 1.95. The molecular weight excluding hydrogens is 321 g/mol. The van der Waals surface area contributed by atoms with Gasteiger partial charge < -0.3 is 19.5 Å². The number of hydrogen-bond donors (Lipinski definition) is 1. The van der Waals surface area contributed by atoms with E-state index in [0.717, 1.165) is 6.61 Å². The fraction of sp³-hybridized carbons (Fsp3) is 0.583. The molecule has 21 heavy (non-hydrogen) atoms. The van der Waals surface area contributed by atoms with Gasteiger partial charge in [-0.2, -0.15) is 4.98 Å². The first-order chi connectivity index (χ1) is 10.0. The van der Waals surface area contributed by atoms with Crippen molar-refractivity contribution in [1.29, 1.82) is 0 Å². The summed E-state index contributed by atoms with van der Waals surface area (Å²) in [6, 6.07) is -0.0855. The molecule has 0 aromatic carbocycles. The number of epoxide rings is 1. The first-order valence-corrected chi connectivity index (χ1v) is 7.04. The summed E-state index contributed by atoms with van der Waals surface area (Å²) >= 11 is 11.9. The number of carbonyl (C=O) groups excluding carboxylic acids is 1. The van der Waals surface area contributed by atoms with Crippen molar-refractivity contribution in [2.45, 2.75) is 19.1 Å². The van der Waals surface area contributed by atoms with Gasteiger partial charge in [0.25, 0.3) is 0 Å². The smallest absolute Gasteiger partial charge is 0.358 e. The molecule has 2 heterocycles. The lowest BCUT2D eigenvalue weighted by Crippen LogP contribution is -2.24. The Morgan fingerprint density at radius 2 is 2.24 bits per heavy atom. The highest BCUT2D eigenvalue weighted by molar-refractivity contribution is 6.36. The van der Waals surface area contributed by atoms with Crippen LogP contribution in [0.2, 0.25) is 10.3 Å². The molecule has 2 rings (SSSR count). The molecule has 7 nitrogen and oxygen atoms in total. The summed E-state index contributed by atoms with van der Waals surface area (Å²) in [6.07, 6.45) is 0.209. The van der Waals surface area contributed by atoms with Crippen LogP contribution in [0.3, 0.4) is 0 Å². The minimum absolute atomic E-state index is 0.0589. The first kappa shape index (κ1) is 16.2. The summed E-state index contributed by atoms with van der Waals surface area (Å²) in [4.78, 5) is 19.3. The summed E-state index contributed by atoms with van der Waals surface area (Å²) in [5.41, 5.74) is -0.0823. The van der Waals surface area contributed by atoms with E-state index in [1.807, 2.05) is 6.92 Å². The Kier molecular flexibility index (Phi) is 5.58. The van der Waals surface area contributed by atoms with Gasteiger partial charge in [-0.3, -0.25) is 0 Å². The Bertz CT molecular complexity index is 525. The molecule has 0 amide bonds. The van der Waals surface area contributed by atoms with Gasteiger partial charge in [0.1, 0.15) is 11.1 Å². The highest BCUT2D eigenvalue weighted by atomic mass is 35.5. The van der Waals surface area contributed by atoms with Gasteiger partial charge in [-0.05, 0) is 18.5 Å². The van der Waals surface area contributed by atoms with Gasteiger partial charge in [0.15, 0.2) is 11.5 Å². The van der Waals surface area contributed by atoms with Crippen LogP contribution in [0.15, 0.2) is 0 Å². The van der Waals surface area contributed by atoms with Crippen LogP contribution in [0, 0.1) is 0 Å². The van der Waals surface area contributed by atoms with Crippen molar-refractivity contribution in [3.8, 4) is 0 Å². The predicted molar refractivity (Wildman–Crippen MR) is 77.0 cm³/mol. The van der Waals surface area contributed by atoms with Crippen molar-refractivity contribution in [3.05, 3.63) is 16.0 Å². The molecule has 0 spiro atoms. The molecule has 1 fully saturated rings. The number of hydrogen-bond acceptors (Lipinski definition) is 7. The molecule has 1 aromatic heterocycles. The van der Waals surface area contributed by atoms with E-state index < -0.39 is 5.97 Å². The third-order valence-corrected chi connectivity index (χ3v) is 3.19. The zero-order valence-corrected chi connectivity index (χ0v) is 13.1. The van der Waals surface area contributed by atoms with E-state index in [4.69, 9.17) is 32.7 Å². The lowest BCUT2D eigenvalue weighted by atomic mass is 10.3. The molecular formula is C12H15Cl2N3O4. The Morgan fingerprint density at radius 1 is 1.52 bits per heavy atom. The van der Waals surface area contributed by atoms with Gasteiger partial charge in [-0.1, -0.05) is 11.6 Å². The molecule has 0 radical (unpaired) electrons. The molecule has 1 saturated heterocycles. The van der Waals surface area contributed by atoms with Gasteiger partial charge in [0.2, 0.25) is 5.28 Å². The number of anilines is 1. The van der Waals surface area contributed by atoms with Gasteiger partial charge in [-0.15, -0.1) is 0 Å². The Labute approximate surface area is 131 Å². The largest absolute Gasteiger partial charge is 0.464 e. The third kappa shape index (κ3) is 4.67. The fourth-order valence-electron chi connectivity index (χ4n) is 1.56. The van der Waals surface area contributed by atoms with E-state index >= 15 is 0 Å². The van der Waals surface area contributed by atoms with Crippen molar-refractivity contribution in [3.63, 3.8) is 0 Å². The van der Waals surface area contributed by atoms with Crippen molar-refractivity contribution in [1.82, 2.24) is 9.97 Å². The number of nitrogens with zero attached hydrogens (tertiary/aromatic N) is 2. The standard InChI is InChI=1S/C12H15Cl2N3O4/c1-6(3-20-4-7-5-21-7)15-10-8(13)9(11(18)19-2)16-12(14)17-10/h6-7H,3-5H2,1-2H3,(H,15,16,17). The Balaban J connectivity index is 2.00. The second-order valence-corrected chi connectivity index (χ2v) is 5.25. The van der Waals surface area contributed by atoms with Crippen LogP contribution < -0.4 is 5.32 Å². The van der Waals surface area contributed by atoms with Crippen molar-refractivity contribution in [2.24, 2.45) is 0 Å². The zero-order chi connectivity index (χ0) is 15.4. The summed E-state index contributed by atoms with van der Waals surface area (Å²) in [7, 11) is 1.23. The summed E-state index contributed by atoms with van der Waals surface area (Å²) in [6.45, 7) is 3.62. The van der Waals surface area contributed by atoms with E-state index in [-0.39, 0.29) is 34.0 Å². The molecule has 1 aliphatic heterocycles. The molecule has 2 unspecified atom stereocenters. The average Bonchev–Trinajstić information content (AvgIpc) is 3.25. The SMILES string of the molecule is COC(=O)c1nc(Cl)nc(NC(C)COCC2CO2)c1Cl. The van der Waals surface area contributed by atoms with Crippen molar-refractivity contribution < 1.29 is 19.0 Å². The van der Waals surface area contributed by atoms with Crippen LogP contribution in [0.25, 0.3) is 0 Å². The van der Waals surface area contributed by atoms with Gasteiger partial charge >= 0.3 is 5.97 Å².